The van der Waals surface area contributed by atoms with Crippen LogP contribution in [-0.2, 0) is 9.59 Å². The monoisotopic (exact) mass is 378 g/mol. The molecule has 0 aromatic heterocycles. The van der Waals surface area contributed by atoms with Gasteiger partial charge in [-0.2, -0.15) is 0 Å². The molecule has 27 heavy (non-hydrogen) atoms. The van der Waals surface area contributed by atoms with Gasteiger partial charge in [-0.15, -0.1) is 0 Å². The highest BCUT2D eigenvalue weighted by Gasteiger charge is 2.23. The van der Waals surface area contributed by atoms with Crippen LogP contribution in [0.3, 0.4) is 0 Å². The van der Waals surface area contributed by atoms with Gasteiger partial charge in [0, 0.05) is 24.7 Å². The molecule has 8 heteroatoms. The quantitative estimate of drug-likeness (QED) is 0.809. The number of hydrogen-bond donors (Lipinski definition) is 1. The van der Waals surface area contributed by atoms with E-state index in [1.54, 1.807) is 29.2 Å². The molecule has 0 bridgehead atoms. The first-order chi connectivity index (χ1) is 12.9. The summed E-state index contributed by atoms with van der Waals surface area (Å²) in [5, 5.41) is 2.16. The van der Waals surface area contributed by atoms with E-state index in [0.717, 1.165) is 18.6 Å². The molecule has 5 nitrogen and oxygen atoms in total. The highest BCUT2D eigenvalue weighted by atomic mass is 19.2. The molecule has 1 fully saturated rings. The van der Waals surface area contributed by atoms with Crippen molar-refractivity contribution in [1.29, 1.82) is 0 Å². The summed E-state index contributed by atoms with van der Waals surface area (Å²) in [4.78, 5) is 25.6. The van der Waals surface area contributed by atoms with E-state index < -0.39 is 35.2 Å². The number of carbonyl (C=O) groups is 2. The largest absolute Gasteiger partial charge is 0.481 e. The first kappa shape index (κ1) is 18.8. The zero-order valence-corrected chi connectivity index (χ0v) is 14.5. The highest BCUT2D eigenvalue weighted by Crippen LogP contribution is 2.26. The summed E-state index contributed by atoms with van der Waals surface area (Å²) in [5.41, 5.74) is 0.181. The van der Waals surface area contributed by atoms with Crippen LogP contribution in [0.25, 0.3) is 0 Å². The first-order valence-corrected chi connectivity index (χ1v) is 8.38. The van der Waals surface area contributed by atoms with Crippen LogP contribution in [0.2, 0.25) is 0 Å². The lowest BCUT2D eigenvalue weighted by molar-refractivity contribution is -0.122. The lowest BCUT2D eigenvalue weighted by Crippen LogP contribution is -2.30. The summed E-state index contributed by atoms with van der Waals surface area (Å²) in [5.74, 6) is -4.85. The van der Waals surface area contributed by atoms with Gasteiger partial charge in [-0.05, 0) is 37.6 Å². The second-order valence-electron chi connectivity index (χ2n) is 6.12. The summed E-state index contributed by atoms with van der Waals surface area (Å²) >= 11 is 0. The number of halogens is 3. The molecule has 1 N–H and O–H groups in total. The summed E-state index contributed by atoms with van der Waals surface area (Å²) in [6.07, 6.45) is 0.230. The van der Waals surface area contributed by atoms with Crippen molar-refractivity contribution >= 4 is 23.2 Å². The molecule has 1 aliphatic rings. The Balaban J connectivity index is 1.68. The molecule has 0 radical (unpaired) electrons. The van der Waals surface area contributed by atoms with E-state index in [1.807, 2.05) is 0 Å². The normalized spacial score (nSPS) is 15.0. The average Bonchev–Trinajstić information content (AvgIpc) is 3.08. The topological polar surface area (TPSA) is 58.6 Å². The fraction of sp³-hybridized carbons (Fsp3) is 0.263. The summed E-state index contributed by atoms with van der Waals surface area (Å²) in [7, 11) is 0. The molecule has 2 aromatic rings. The van der Waals surface area contributed by atoms with Crippen molar-refractivity contribution in [3.05, 3.63) is 53.8 Å². The fourth-order valence-corrected chi connectivity index (χ4v) is 2.76. The van der Waals surface area contributed by atoms with E-state index >= 15 is 0 Å². The minimum atomic E-state index is -1.66. The predicted molar refractivity (Wildman–Crippen MR) is 93.1 cm³/mol. The van der Waals surface area contributed by atoms with Gasteiger partial charge in [0.2, 0.25) is 5.91 Å². The van der Waals surface area contributed by atoms with Gasteiger partial charge in [0.15, 0.2) is 23.6 Å². The van der Waals surface area contributed by atoms with Gasteiger partial charge in [-0.1, -0.05) is 6.07 Å². The lowest BCUT2D eigenvalue weighted by Gasteiger charge is -2.19. The summed E-state index contributed by atoms with van der Waals surface area (Å²) in [6.45, 7) is 2.05. The number of anilines is 2. The standard InChI is InChI=1S/C19H17F3N2O3/c1-11(19(26)23-15-8-7-14(20)17(21)18(15)22)27-13-5-2-4-12(10-13)24-9-3-6-16(24)25/h2,4-5,7-8,10-11H,3,6,9H2,1H3,(H,23,26)/t11-/m0/s1. The van der Waals surface area contributed by atoms with Crippen LogP contribution in [0.15, 0.2) is 36.4 Å². The Hall–Kier alpha value is -3.03. The Morgan fingerprint density at radius 2 is 1.96 bits per heavy atom. The number of rotatable bonds is 5. The fourth-order valence-electron chi connectivity index (χ4n) is 2.76. The molecule has 0 unspecified atom stereocenters. The second kappa shape index (κ2) is 7.69. The van der Waals surface area contributed by atoms with Gasteiger partial charge in [0.1, 0.15) is 5.75 Å². The molecular weight excluding hydrogens is 361 g/mol. The van der Waals surface area contributed by atoms with Crippen molar-refractivity contribution in [2.24, 2.45) is 0 Å². The molecule has 1 aliphatic heterocycles. The van der Waals surface area contributed by atoms with Crippen LogP contribution >= 0.6 is 0 Å². The van der Waals surface area contributed by atoms with Crippen LogP contribution in [-0.4, -0.2) is 24.5 Å². The first-order valence-electron chi connectivity index (χ1n) is 8.38. The van der Waals surface area contributed by atoms with Gasteiger partial charge in [0.05, 0.1) is 5.69 Å². The molecule has 1 heterocycles. The second-order valence-corrected chi connectivity index (χ2v) is 6.12. The Morgan fingerprint density at radius 3 is 2.67 bits per heavy atom. The summed E-state index contributed by atoms with van der Waals surface area (Å²) in [6, 6.07) is 8.35. The molecule has 0 saturated carbocycles. The molecule has 0 aliphatic carbocycles. The van der Waals surface area contributed by atoms with Crippen molar-refractivity contribution in [2.75, 3.05) is 16.8 Å². The molecule has 3 rings (SSSR count). The molecule has 1 atom stereocenters. The van der Waals surface area contributed by atoms with Crippen LogP contribution in [0.4, 0.5) is 24.5 Å². The van der Waals surface area contributed by atoms with E-state index in [-0.39, 0.29) is 5.91 Å². The molecule has 142 valence electrons. The zero-order chi connectivity index (χ0) is 19.6. The third-order valence-corrected chi connectivity index (χ3v) is 4.18. The van der Waals surface area contributed by atoms with Gasteiger partial charge in [-0.25, -0.2) is 13.2 Å². The molecule has 2 amide bonds. The number of nitrogens with zero attached hydrogens (tertiary/aromatic N) is 1. The Kier molecular flexibility index (Phi) is 5.34. The van der Waals surface area contributed by atoms with Crippen LogP contribution in [0, 0.1) is 17.5 Å². The number of benzene rings is 2. The maximum absolute atomic E-state index is 13.7. The molecular formula is C19H17F3N2O3. The maximum atomic E-state index is 13.7. The number of amides is 2. The van der Waals surface area contributed by atoms with Crippen LogP contribution < -0.4 is 15.0 Å². The maximum Gasteiger partial charge on any atom is 0.265 e. The van der Waals surface area contributed by atoms with Crippen molar-refractivity contribution in [1.82, 2.24) is 0 Å². The third-order valence-electron chi connectivity index (χ3n) is 4.18. The number of nitrogens with one attached hydrogen (secondary N) is 1. The number of ether oxygens (including phenoxy) is 1. The van der Waals surface area contributed by atoms with E-state index in [0.29, 0.717) is 24.4 Å². The third kappa shape index (κ3) is 4.05. The number of carbonyl (C=O) groups excluding carboxylic acids is 2. The smallest absolute Gasteiger partial charge is 0.265 e. The molecule has 0 spiro atoms. The minimum Gasteiger partial charge on any atom is -0.481 e. The van der Waals surface area contributed by atoms with Crippen molar-refractivity contribution in [3.8, 4) is 5.75 Å². The minimum absolute atomic E-state index is 0.0201. The van der Waals surface area contributed by atoms with Crippen LogP contribution in [0.1, 0.15) is 19.8 Å². The summed E-state index contributed by atoms with van der Waals surface area (Å²) < 4.78 is 45.4. The predicted octanol–water partition coefficient (Wildman–Crippen LogP) is 3.64. The highest BCUT2D eigenvalue weighted by molar-refractivity contribution is 5.96. The Morgan fingerprint density at radius 1 is 1.19 bits per heavy atom. The van der Waals surface area contributed by atoms with Gasteiger partial charge in [-0.3, -0.25) is 9.59 Å². The van der Waals surface area contributed by atoms with E-state index in [2.05, 4.69) is 5.32 Å². The molecule has 2 aromatic carbocycles. The average molecular weight is 378 g/mol. The lowest BCUT2D eigenvalue weighted by atomic mass is 10.2. The van der Waals surface area contributed by atoms with Gasteiger partial charge < -0.3 is 15.0 Å². The van der Waals surface area contributed by atoms with Gasteiger partial charge >= 0.3 is 0 Å². The molecule has 1 saturated heterocycles. The van der Waals surface area contributed by atoms with E-state index in [9.17, 15) is 22.8 Å². The van der Waals surface area contributed by atoms with Gasteiger partial charge in [0.25, 0.3) is 5.91 Å². The SMILES string of the molecule is C[C@H](Oc1cccc(N2CCCC2=O)c1)C(=O)Nc1ccc(F)c(F)c1F. The van der Waals surface area contributed by atoms with Crippen molar-refractivity contribution in [3.63, 3.8) is 0 Å². The van der Waals surface area contributed by atoms with Crippen molar-refractivity contribution in [2.45, 2.75) is 25.9 Å². The van der Waals surface area contributed by atoms with E-state index in [4.69, 9.17) is 4.74 Å². The van der Waals surface area contributed by atoms with Crippen molar-refractivity contribution < 1.29 is 27.5 Å². The van der Waals surface area contributed by atoms with Crippen LogP contribution in [0.5, 0.6) is 5.75 Å². The number of hydrogen-bond acceptors (Lipinski definition) is 3. The Bertz CT molecular complexity index is 888. The Labute approximate surface area is 153 Å². The van der Waals surface area contributed by atoms with E-state index in [1.165, 1.54) is 6.92 Å². The zero-order valence-electron chi connectivity index (χ0n) is 14.5.